The molecule has 2 fully saturated rings. The van der Waals surface area contributed by atoms with Gasteiger partial charge in [-0.1, -0.05) is 39.3 Å². The van der Waals surface area contributed by atoms with Gasteiger partial charge in [0.15, 0.2) is 0 Å². The Labute approximate surface area is 105 Å². The molecule has 0 nitrogen and oxygen atoms in total. The maximum Gasteiger partial charge on any atom is 0.0294 e. The van der Waals surface area contributed by atoms with Gasteiger partial charge in [-0.3, -0.25) is 0 Å². The van der Waals surface area contributed by atoms with Crippen LogP contribution in [0.15, 0.2) is 12.2 Å². The standard InChI is InChI=1S/C15H25Cl/c1-11-6-7-13-14(2,3)8-5-9-15(13,4)12(11)10-16/h12-13H,1,5-10H2,2-4H3/t12-,13?,15+/m0/s1. The number of allylic oxidation sites excluding steroid dienone is 1. The zero-order valence-electron chi connectivity index (χ0n) is 11.0. The van der Waals surface area contributed by atoms with Crippen LogP contribution < -0.4 is 0 Å². The summed E-state index contributed by atoms with van der Waals surface area (Å²) in [7, 11) is 0. The molecule has 0 heterocycles. The fourth-order valence-electron chi connectivity index (χ4n) is 4.56. The quantitative estimate of drug-likeness (QED) is 0.446. The van der Waals surface area contributed by atoms with Gasteiger partial charge in [-0.05, 0) is 48.3 Å². The highest BCUT2D eigenvalue weighted by Crippen LogP contribution is 2.60. The first-order valence-electron chi connectivity index (χ1n) is 6.65. The largest absolute Gasteiger partial charge is 0.126 e. The highest BCUT2D eigenvalue weighted by molar-refractivity contribution is 6.18. The van der Waals surface area contributed by atoms with Crippen molar-refractivity contribution in [2.45, 2.75) is 52.9 Å². The van der Waals surface area contributed by atoms with E-state index in [0.717, 1.165) is 11.8 Å². The van der Waals surface area contributed by atoms with Crippen LogP contribution >= 0.6 is 11.6 Å². The minimum atomic E-state index is 0.416. The third-order valence-electron chi connectivity index (χ3n) is 5.47. The zero-order chi connectivity index (χ0) is 12.0. The van der Waals surface area contributed by atoms with Crippen molar-refractivity contribution < 1.29 is 0 Å². The summed E-state index contributed by atoms with van der Waals surface area (Å²) in [5.41, 5.74) is 2.32. The van der Waals surface area contributed by atoms with Gasteiger partial charge in [0.25, 0.3) is 0 Å². The minimum Gasteiger partial charge on any atom is -0.126 e. The van der Waals surface area contributed by atoms with Gasteiger partial charge in [0, 0.05) is 5.88 Å². The smallest absolute Gasteiger partial charge is 0.0294 e. The van der Waals surface area contributed by atoms with Crippen LogP contribution in [0, 0.1) is 22.7 Å². The second-order valence-corrected chi connectivity index (χ2v) is 7.11. The molecule has 0 N–H and O–H groups in total. The van der Waals surface area contributed by atoms with Crippen molar-refractivity contribution in [3.63, 3.8) is 0 Å². The van der Waals surface area contributed by atoms with E-state index in [1.165, 1.54) is 37.7 Å². The Kier molecular flexibility index (Phi) is 3.16. The summed E-state index contributed by atoms with van der Waals surface area (Å²) in [6.45, 7) is 11.6. The highest BCUT2D eigenvalue weighted by atomic mass is 35.5. The van der Waals surface area contributed by atoms with Crippen molar-refractivity contribution in [3.8, 4) is 0 Å². The van der Waals surface area contributed by atoms with E-state index in [9.17, 15) is 0 Å². The topological polar surface area (TPSA) is 0 Å². The fraction of sp³-hybridized carbons (Fsp3) is 0.867. The molecular formula is C15H25Cl. The number of rotatable bonds is 1. The normalized spacial score (nSPS) is 42.9. The molecule has 2 saturated carbocycles. The monoisotopic (exact) mass is 240 g/mol. The van der Waals surface area contributed by atoms with E-state index >= 15 is 0 Å². The molecule has 0 saturated heterocycles. The second-order valence-electron chi connectivity index (χ2n) is 6.80. The van der Waals surface area contributed by atoms with Gasteiger partial charge in [0.1, 0.15) is 0 Å². The summed E-state index contributed by atoms with van der Waals surface area (Å²) in [5.74, 6) is 2.15. The van der Waals surface area contributed by atoms with Gasteiger partial charge < -0.3 is 0 Å². The van der Waals surface area contributed by atoms with E-state index in [4.69, 9.17) is 11.6 Å². The molecule has 3 atom stereocenters. The summed E-state index contributed by atoms with van der Waals surface area (Å²) in [5, 5.41) is 0. The van der Waals surface area contributed by atoms with Crippen LogP contribution in [-0.2, 0) is 0 Å². The van der Waals surface area contributed by atoms with E-state index in [1.54, 1.807) is 0 Å². The number of hydrogen-bond acceptors (Lipinski definition) is 0. The van der Waals surface area contributed by atoms with E-state index in [-0.39, 0.29) is 0 Å². The van der Waals surface area contributed by atoms with Crippen molar-refractivity contribution in [3.05, 3.63) is 12.2 Å². The maximum absolute atomic E-state index is 6.22. The number of hydrogen-bond donors (Lipinski definition) is 0. The average Bonchev–Trinajstić information content (AvgIpc) is 2.15. The number of fused-ring (bicyclic) bond motifs is 1. The average molecular weight is 241 g/mol. The molecule has 92 valence electrons. The molecule has 0 radical (unpaired) electrons. The van der Waals surface area contributed by atoms with Crippen LogP contribution in [0.1, 0.15) is 52.9 Å². The van der Waals surface area contributed by atoms with E-state index in [2.05, 4.69) is 27.4 Å². The Morgan fingerprint density at radius 3 is 2.62 bits per heavy atom. The molecule has 0 aliphatic heterocycles. The summed E-state index contributed by atoms with van der Waals surface area (Å²) in [6.07, 6.45) is 6.61. The van der Waals surface area contributed by atoms with Gasteiger partial charge in [-0.15, -0.1) is 11.6 Å². The molecule has 0 bridgehead atoms. The summed E-state index contributed by atoms with van der Waals surface area (Å²) < 4.78 is 0. The van der Waals surface area contributed by atoms with E-state index in [0.29, 0.717) is 16.7 Å². The lowest BCUT2D eigenvalue weighted by Gasteiger charge is -2.57. The Balaban J connectivity index is 2.34. The third-order valence-corrected chi connectivity index (χ3v) is 5.78. The molecular weight excluding hydrogens is 216 g/mol. The highest BCUT2D eigenvalue weighted by Gasteiger charge is 2.52. The lowest BCUT2D eigenvalue weighted by atomic mass is 9.48. The molecule has 2 aliphatic rings. The molecule has 0 amide bonds. The predicted octanol–water partition coefficient (Wildman–Crippen LogP) is 5.02. The molecule has 2 rings (SSSR count). The van der Waals surface area contributed by atoms with E-state index < -0.39 is 0 Å². The molecule has 1 unspecified atom stereocenters. The van der Waals surface area contributed by atoms with Crippen LogP contribution in [0.25, 0.3) is 0 Å². The molecule has 2 aliphatic carbocycles. The summed E-state index contributed by atoms with van der Waals surface area (Å²) in [4.78, 5) is 0. The lowest BCUT2D eigenvalue weighted by Crippen LogP contribution is -2.49. The molecule has 0 spiro atoms. The van der Waals surface area contributed by atoms with Gasteiger partial charge in [-0.2, -0.15) is 0 Å². The van der Waals surface area contributed by atoms with E-state index in [1.807, 2.05) is 0 Å². The van der Waals surface area contributed by atoms with Crippen LogP contribution in [0.2, 0.25) is 0 Å². The van der Waals surface area contributed by atoms with Gasteiger partial charge in [0.2, 0.25) is 0 Å². The first-order valence-corrected chi connectivity index (χ1v) is 7.19. The molecule has 0 aromatic rings. The maximum atomic E-state index is 6.22. The lowest BCUT2D eigenvalue weighted by molar-refractivity contribution is -0.0458. The van der Waals surface area contributed by atoms with Crippen LogP contribution in [0.4, 0.5) is 0 Å². The first kappa shape index (κ1) is 12.5. The van der Waals surface area contributed by atoms with Gasteiger partial charge >= 0.3 is 0 Å². The van der Waals surface area contributed by atoms with Crippen molar-refractivity contribution in [2.24, 2.45) is 22.7 Å². The SMILES string of the molecule is C=C1CCC2C(C)(C)CCC[C@]2(C)[C@H]1CCl. The molecule has 0 aromatic carbocycles. The third kappa shape index (κ3) is 1.74. The minimum absolute atomic E-state index is 0.416. The number of alkyl halides is 1. The Hall–Kier alpha value is 0.0300. The predicted molar refractivity (Wildman–Crippen MR) is 71.8 cm³/mol. The Morgan fingerprint density at radius 1 is 1.31 bits per heavy atom. The fourth-order valence-corrected chi connectivity index (χ4v) is 5.13. The van der Waals surface area contributed by atoms with Crippen molar-refractivity contribution in [1.29, 1.82) is 0 Å². The number of halogens is 1. The van der Waals surface area contributed by atoms with Gasteiger partial charge in [-0.25, -0.2) is 0 Å². The zero-order valence-corrected chi connectivity index (χ0v) is 11.7. The Bertz CT molecular complexity index is 292. The first-order chi connectivity index (χ1) is 7.42. The van der Waals surface area contributed by atoms with Crippen LogP contribution in [0.3, 0.4) is 0 Å². The summed E-state index contributed by atoms with van der Waals surface area (Å²) in [6, 6.07) is 0. The van der Waals surface area contributed by atoms with Crippen LogP contribution in [-0.4, -0.2) is 5.88 Å². The Morgan fingerprint density at radius 2 is 2.00 bits per heavy atom. The van der Waals surface area contributed by atoms with Gasteiger partial charge in [0.05, 0.1) is 0 Å². The molecule has 16 heavy (non-hydrogen) atoms. The van der Waals surface area contributed by atoms with Crippen molar-refractivity contribution in [1.82, 2.24) is 0 Å². The van der Waals surface area contributed by atoms with Crippen molar-refractivity contribution >= 4 is 11.6 Å². The van der Waals surface area contributed by atoms with Crippen LogP contribution in [0.5, 0.6) is 0 Å². The summed E-state index contributed by atoms with van der Waals surface area (Å²) >= 11 is 6.22. The second kappa shape index (κ2) is 4.05. The van der Waals surface area contributed by atoms with Crippen molar-refractivity contribution in [2.75, 3.05) is 5.88 Å². The molecule has 1 heteroatoms. The molecule has 0 aromatic heterocycles.